The van der Waals surface area contributed by atoms with E-state index in [0.717, 1.165) is 22.0 Å². The maximum Gasteiger partial charge on any atom is 0.408 e. The second-order valence-corrected chi connectivity index (χ2v) is 8.53. The second-order valence-electron chi connectivity index (χ2n) is 8.53. The van der Waals surface area contributed by atoms with E-state index < -0.39 is 36.3 Å². The fourth-order valence-electron chi connectivity index (χ4n) is 3.88. The van der Waals surface area contributed by atoms with Gasteiger partial charge in [0.25, 0.3) is 0 Å². The normalized spacial score (nSPS) is 12.6. The third-order valence-corrected chi connectivity index (χ3v) is 5.77. The van der Waals surface area contributed by atoms with Gasteiger partial charge < -0.3 is 36.6 Å². The van der Waals surface area contributed by atoms with E-state index in [2.05, 4.69) is 20.9 Å². The summed E-state index contributed by atoms with van der Waals surface area (Å²) in [4.78, 5) is 41.5. The number of nitrogens with two attached hydrogens (primary N) is 2. The number of aromatic amines is 1. The molecule has 0 aliphatic carbocycles. The minimum atomic E-state index is -1.01. The molecule has 2 amide bonds. The molecule has 0 spiro atoms. The van der Waals surface area contributed by atoms with Crippen LogP contribution >= 0.6 is 0 Å². The lowest BCUT2D eigenvalue weighted by atomic mass is 10.0. The first kappa shape index (κ1) is 27.7. The number of H-pyrrole nitrogens is 1. The summed E-state index contributed by atoms with van der Waals surface area (Å²) in [6, 6.07) is 14.9. The molecular formula is C26H34N6O5. The molecule has 1 aromatic heterocycles. The number of hydrogen-bond donors (Lipinski definition) is 6. The van der Waals surface area contributed by atoms with Crippen LogP contribution in [0.4, 0.5) is 4.79 Å². The molecular weight excluding hydrogens is 476 g/mol. The van der Waals surface area contributed by atoms with Crippen molar-refractivity contribution in [3.05, 3.63) is 71.9 Å². The monoisotopic (exact) mass is 510 g/mol. The van der Waals surface area contributed by atoms with Gasteiger partial charge in [-0.3, -0.25) is 10.1 Å². The Morgan fingerprint density at radius 2 is 1.70 bits per heavy atom. The van der Waals surface area contributed by atoms with E-state index in [1.54, 1.807) is 6.20 Å². The zero-order valence-corrected chi connectivity index (χ0v) is 20.7. The summed E-state index contributed by atoms with van der Waals surface area (Å²) in [5.41, 5.74) is 13.5. The topological polar surface area (TPSA) is 174 Å². The largest absolute Gasteiger partial charge is 0.467 e. The van der Waals surface area contributed by atoms with Gasteiger partial charge in [0.15, 0.2) is 0 Å². The quantitative estimate of drug-likeness (QED) is 0.113. The lowest BCUT2D eigenvalue weighted by Crippen LogP contribution is -2.53. The van der Waals surface area contributed by atoms with Crippen LogP contribution in [0.25, 0.3) is 10.9 Å². The Morgan fingerprint density at radius 1 is 0.973 bits per heavy atom. The molecule has 0 bridgehead atoms. The Bertz CT molecular complexity index is 1170. The molecule has 0 radical (unpaired) electrons. The summed E-state index contributed by atoms with van der Waals surface area (Å²) in [5, 5.41) is 9.13. The maximum absolute atomic E-state index is 13.3. The van der Waals surface area contributed by atoms with Gasteiger partial charge in [-0.2, -0.15) is 0 Å². The SMILES string of the molecule is COC(=O)C(CCCNC(N)N)NC(=O)C(Cc1c[nH]c2ccccc12)NC(=O)OCc1ccccc1. The predicted molar refractivity (Wildman–Crippen MR) is 139 cm³/mol. The van der Waals surface area contributed by atoms with Gasteiger partial charge in [0.2, 0.25) is 5.91 Å². The first-order valence-corrected chi connectivity index (χ1v) is 12.0. The Kier molecular flexibility index (Phi) is 10.4. The van der Waals surface area contributed by atoms with Crippen LogP contribution in [0.15, 0.2) is 60.8 Å². The van der Waals surface area contributed by atoms with Gasteiger partial charge in [-0.25, -0.2) is 9.59 Å². The number of methoxy groups -OCH3 is 1. The summed E-state index contributed by atoms with van der Waals surface area (Å²) in [5.74, 6) is -1.14. The average Bonchev–Trinajstić information content (AvgIpc) is 3.31. The number of esters is 1. The zero-order valence-electron chi connectivity index (χ0n) is 20.7. The molecule has 11 nitrogen and oxygen atoms in total. The van der Waals surface area contributed by atoms with Crippen molar-refractivity contribution < 1.29 is 23.9 Å². The molecule has 0 aliphatic heterocycles. The van der Waals surface area contributed by atoms with Gasteiger partial charge in [0, 0.05) is 23.5 Å². The number of carbonyl (C=O) groups is 3. The molecule has 1 heterocycles. The molecule has 0 aliphatic rings. The summed E-state index contributed by atoms with van der Waals surface area (Å²) in [6.45, 7) is 0.499. The molecule has 2 unspecified atom stereocenters. The minimum Gasteiger partial charge on any atom is -0.467 e. The third-order valence-electron chi connectivity index (χ3n) is 5.77. The van der Waals surface area contributed by atoms with Crippen LogP contribution in [0.1, 0.15) is 24.0 Å². The molecule has 8 N–H and O–H groups in total. The molecule has 3 aromatic rings. The van der Waals surface area contributed by atoms with Crippen molar-refractivity contribution in [2.24, 2.45) is 11.5 Å². The van der Waals surface area contributed by atoms with Gasteiger partial charge in [-0.15, -0.1) is 0 Å². The summed E-state index contributed by atoms with van der Waals surface area (Å²) in [7, 11) is 1.25. The van der Waals surface area contributed by atoms with Crippen LogP contribution in [0.5, 0.6) is 0 Å². The number of amides is 2. The Morgan fingerprint density at radius 3 is 2.43 bits per heavy atom. The van der Waals surface area contributed by atoms with Gasteiger partial charge in [0.05, 0.1) is 7.11 Å². The smallest absolute Gasteiger partial charge is 0.408 e. The van der Waals surface area contributed by atoms with Crippen LogP contribution in [0, 0.1) is 0 Å². The highest BCUT2D eigenvalue weighted by Crippen LogP contribution is 2.19. The van der Waals surface area contributed by atoms with Gasteiger partial charge in [-0.05, 0) is 36.6 Å². The summed E-state index contributed by atoms with van der Waals surface area (Å²) >= 11 is 0. The number of rotatable bonds is 13. The van der Waals surface area contributed by atoms with Crippen molar-refractivity contribution in [1.82, 2.24) is 20.9 Å². The average molecular weight is 511 g/mol. The summed E-state index contributed by atoms with van der Waals surface area (Å²) in [6.07, 6.45) is 1.33. The number of ether oxygens (including phenoxy) is 2. The highest BCUT2D eigenvalue weighted by molar-refractivity contribution is 5.91. The molecule has 3 rings (SSSR count). The van der Waals surface area contributed by atoms with Crippen molar-refractivity contribution in [1.29, 1.82) is 0 Å². The van der Waals surface area contributed by atoms with Crippen molar-refractivity contribution in [2.45, 2.75) is 44.2 Å². The van der Waals surface area contributed by atoms with Crippen molar-refractivity contribution in [3.8, 4) is 0 Å². The Hall–Kier alpha value is -3.93. The lowest BCUT2D eigenvalue weighted by Gasteiger charge is -2.22. The van der Waals surface area contributed by atoms with Crippen LogP contribution in [-0.2, 0) is 32.1 Å². The number of hydrogen-bond acceptors (Lipinski definition) is 8. The van der Waals surface area contributed by atoms with E-state index in [4.69, 9.17) is 20.9 Å². The lowest BCUT2D eigenvalue weighted by molar-refractivity contribution is -0.145. The highest BCUT2D eigenvalue weighted by atomic mass is 16.5. The molecule has 2 aromatic carbocycles. The number of nitrogens with one attached hydrogen (secondary N) is 4. The number of fused-ring (bicyclic) bond motifs is 1. The van der Waals surface area contributed by atoms with E-state index in [1.807, 2.05) is 54.6 Å². The molecule has 11 heteroatoms. The number of aromatic nitrogens is 1. The Labute approximate surface area is 215 Å². The van der Waals surface area contributed by atoms with Crippen molar-refractivity contribution >= 4 is 28.9 Å². The van der Waals surface area contributed by atoms with E-state index in [1.165, 1.54) is 7.11 Å². The van der Waals surface area contributed by atoms with Crippen LogP contribution in [0.2, 0.25) is 0 Å². The molecule has 0 saturated carbocycles. The second kappa shape index (κ2) is 14.0. The molecule has 2 atom stereocenters. The number of benzene rings is 2. The number of carbonyl (C=O) groups excluding carboxylic acids is 3. The number of alkyl carbamates (subject to hydrolysis) is 1. The Balaban J connectivity index is 1.71. The first-order valence-electron chi connectivity index (χ1n) is 12.0. The molecule has 0 saturated heterocycles. The van der Waals surface area contributed by atoms with Crippen LogP contribution < -0.4 is 27.4 Å². The third kappa shape index (κ3) is 8.60. The van der Waals surface area contributed by atoms with E-state index in [9.17, 15) is 14.4 Å². The van der Waals surface area contributed by atoms with E-state index in [0.29, 0.717) is 13.0 Å². The zero-order chi connectivity index (χ0) is 26.6. The maximum atomic E-state index is 13.3. The standard InChI is InChI=1S/C26H34N6O5/c1-36-24(34)21(12-7-13-29-25(27)28)31-23(33)22(14-18-15-30-20-11-6-5-10-19(18)20)32-26(35)37-16-17-8-3-2-4-9-17/h2-6,8-11,15,21-22,25,29-30H,7,12-14,16,27-28H2,1H3,(H,31,33)(H,32,35). The van der Waals surface area contributed by atoms with Gasteiger partial charge in [0.1, 0.15) is 25.0 Å². The number of para-hydroxylation sites is 1. The predicted octanol–water partition coefficient (Wildman–Crippen LogP) is 1.23. The molecule has 0 fully saturated rings. The van der Waals surface area contributed by atoms with Crippen LogP contribution in [-0.4, -0.2) is 55.0 Å². The first-order chi connectivity index (χ1) is 17.9. The summed E-state index contributed by atoms with van der Waals surface area (Å²) < 4.78 is 10.2. The van der Waals surface area contributed by atoms with Gasteiger partial charge in [-0.1, -0.05) is 48.5 Å². The molecule has 198 valence electrons. The van der Waals surface area contributed by atoms with Gasteiger partial charge >= 0.3 is 12.1 Å². The van der Waals surface area contributed by atoms with Crippen molar-refractivity contribution in [2.75, 3.05) is 13.7 Å². The van der Waals surface area contributed by atoms with Crippen molar-refractivity contribution in [3.63, 3.8) is 0 Å². The fourth-order valence-corrected chi connectivity index (χ4v) is 3.88. The molecule has 37 heavy (non-hydrogen) atoms. The minimum absolute atomic E-state index is 0.0508. The fraction of sp³-hybridized carbons (Fsp3) is 0.346. The highest BCUT2D eigenvalue weighted by Gasteiger charge is 2.28. The van der Waals surface area contributed by atoms with E-state index >= 15 is 0 Å². The van der Waals surface area contributed by atoms with E-state index in [-0.39, 0.29) is 19.4 Å². The van der Waals surface area contributed by atoms with Crippen LogP contribution in [0.3, 0.4) is 0 Å².